The SMILES string of the molecule is CO[C@@H]1[C@@H](C)O[C@@H](N(OC)[C@H]2CC[C@@]3(C)[C@H](CC[C@@H]4[C@@H]3C[C@@H](O)[C@]3(C)[C@@H](C5=CC(=O)OC5)CC[C@]43O)C2)C[C@H]1OC. The maximum atomic E-state index is 12.5. The molecule has 0 unspecified atom stereocenters. The quantitative estimate of drug-likeness (QED) is 0.362. The largest absolute Gasteiger partial charge is 0.458 e. The number of aliphatic hydroxyl groups is 2. The van der Waals surface area contributed by atoms with Crippen LogP contribution in [0.2, 0.25) is 0 Å². The normalized spacial score (nSPS) is 51.5. The van der Waals surface area contributed by atoms with Crippen molar-refractivity contribution in [2.75, 3.05) is 27.9 Å². The van der Waals surface area contributed by atoms with Crippen molar-refractivity contribution in [3.63, 3.8) is 0 Å². The Morgan fingerprint density at radius 3 is 2.44 bits per heavy atom. The molecule has 9 heteroatoms. The van der Waals surface area contributed by atoms with E-state index in [4.69, 9.17) is 23.8 Å². The summed E-state index contributed by atoms with van der Waals surface area (Å²) in [5.41, 5.74) is -0.640. The second-order valence-electron chi connectivity index (χ2n) is 14.3. The van der Waals surface area contributed by atoms with Crippen LogP contribution in [-0.2, 0) is 28.6 Å². The van der Waals surface area contributed by atoms with E-state index in [1.807, 2.05) is 6.92 Å². The monoisotopic (exact) mass is 577 g/mol. The molecule has 6 rings (SSSR count). The lowest BCUT2D eigenvalue weighted by Crippen LogP contribution is -2.67. The summed E-state index contributed by atoms with van der Waals surface area (Å²) in [7, 11) is 5.18. The van der Waals surface area contributed by atoms with E-state index in [1.54, 1.807) is 27.4 Å². The summed E-state index contributed by atoms with van der Waals surface area (Å²) in [6.07, 6.45) is 8.36. The van der Waals surface area contributed by atoms with Crippen LogP contribution < -0.4 is 0 Å². The van der Waals surface area contributed by atoms with Crippen molar-refractivity contribution in [3.8, 4) is 0 Å². The number of fused-ring (bicyclic) bond motifs is 5. The smallest absolute Gasteiger partial charge is 0.331 e. The van der Waals surface area contributed by atoms with Crippen LogP contribution in [-0.4, -0.2) is 91.5 Å². The van der Waals surface area contributed by atoms with Gasteiger partial charge in [-0.3, -0.25) is 4.84 Å². The molecule has 9 nitrogen and oxygen atoms in total. The molecule has 4 saturated carbocycles. The molecule has 0 aromatic carbocycles. The lowest BCUT2D eigenvalue weighted by atomic mass is 9.42. The van der Waals surface area contributed by atoms with Crippen molar-refractivity contribution >= 4 is 5.97 Å². The summed E-state index contributed by atoms with van der Waals surface area (Å²) in [4.78, 5) is 17.9. The number of hydrogen-bond donors (Lipinski definition) is 2. The van der Waals surface area contributed by atoms with Crippen molar-refractivity contribution in [2.24, 2.45) is 34.5 Å². The number of nitrogens with zero attached hydrogens (tertiary/aromatic N) is 1. The Labute approximate surface area is 244 Å². The van der Waals surface area contributed by atoms with Crippen molar-refractivity contribution in [1.29, 1.82) is 0 Å². The summed E-state index contributed by atoms with van der Waals surface area (Å²) >= 11 is 0. The van der Waals surface area contributed by atoms with Crippen LogP contribution in [0.5, 0.6) is 0 Å². The zero-order valence-electron chi connectivity index (χ0n) is 25.7. The van der Waals surface area contributed by atoms with Crippen molar-refractivity contribution < 1.29 is 38.8 Å². The molecular formula is C32H51NO8. The Morgan fingerprint density at radius 2 is 1.78 bits per heavy atom. The zero-order chi connectivity index (χ0) is 29.3. The molecule has 1 saturated heterocycles. The summed E-state index contributed by atoms with van der Waals surface area (Å²) in [5.74, 6) is 0.546. The number of hydroxylamine groups is 2. The topological polar surface area (TPSA) is 107 Å². The Balaban J connectivity index is 1.20. The molecule has 232 valence electrons. The van der Waals surface area contributed by atoms with Crippen molar-refractivity contribution in [3.05, 3.63) is 11.6 Å². The molecule has 0 aromatic rings. The first-order valence-corrected chi connectivity index (χ1v) is 15.8. The highest BCUT2D eigenvalue weighted by atomic mass is 16.7. The molecule has 2 aliphatic heterocycles. The third-order valence-corrected chi connectivity index (χ3v) is 13.1. The van der Waals surface area contributed by atoms with E-state index in [0.717, 1.165) is 44.1 Å². The minimum Gasteiger partial charge on any atom is -0.458 e. The van der Waals surface area contributed by atoms with Gasteiger partial charge in [-0.15, -0.1) is 0 Å². The second kappa shape index (κ2) is 10.8. The van der Waals surface area contributed by atoms with Gasteiger partial charge in [-0.05, 0) is 93.0 Å². The summed E-state index contributed by atoms with van der Waals surface area (Å²) in [6.45, 7) is 6.81. The molecule has 41 heavy (non-hydrogen) atoms. The van der Waals surface area contributed by atoms with Gasteiger partial charge in [-0.1, -0.05) is 13.8 Å². The van der Waals surface area contributed by atoms with Crippen LogP contribution in [0.4, 0.5) is 0 Å². The molecule has 2 heterocycles. The molecule has 0 spiro atoms. The highest BCUT2D eigenvalue weighted by Gasteiger charge is 2.71. The molecule has 4 aliphatic carbocycles. The van der Waals surface area contributed by atoms with Crippen LogP contribution in [0.1, 0.15) is 78.6 Å². The highest BCUT2D eigenvalue weighted by Crippen LogP contribution is 2.70. The average Bonchev–Trinajstić information content (AvgIpc) is 3.50. The maximum absolute atomic E-state index is 12.5. The highest BCUT2D eigenvalue weighted by molar-refractivity contribution is 5.85. The fourth-order valence-corrected chi connectivity index (χ4v) is 10.9. The van der Waals surface area contributed by atoms with Crippen molar-refractivity contribution in [1.82, 2.24) is 5.06 Å². The lowest BCUT2D eigenvalue weighted by Gasteiger charge is -2.65. The molecule has 0 aromatic heterocycles. The predicted octanol–water partition coefficient (Wildman–Crippen LogP) is 3.61. The summed E-state index contributed by atoms with van der Waals surface area (Å²) in [5, 5.41) is 26.4. The molecule has 0 bridgehead atoms. The molecule has 13 atom stereocenters. The number of ether oxygens (including phenoxy) is 4. The summed E-state index contributed by atoms with van der Waals surface area (Å²) in [6, 6.07) is 0.230. The molecule has 6 aliphatic rings. The molecule has 5 fully saturated rings. The van der Waals surface area contributed by atoms with Crippen LogP contribution in [0, 0.1) is 34.5 Å². The first-order valence-electron chi connectivity index (χ1n) is 15.8. The number of rotatable bonds is 6. The van der Waals surface area contributed by atoms with Gasteiger partial charge < -0.3 is 29.2 Å². The number of aliphatic hydroxyl groups excluding tert-OH is 1. The average molecular weight is 578 g/mol. The first kappa shape index (κ1) is 30.0. The van der Waals surface area contributed by atoms with Gasteiger partial charge in [0.15, 0.2) is 0 Å². The van der Waals surface area contributed by atoms with E-state index in [1.165, 1.54) is 0 Å². The first-order chi connectivity index (χ1) is 19.5. The Bertz CT molecular complexity index is 1040. The minimum absolute atomic E-state index is 0.0297. The third kappa shape index (κ3) is 4.39. The predicted molar refractivity (Wildman–Crippen MR) is 150 cm³/mol. The Hall–Kier alpha value is -1.07. The van der Waals surface area contributed by atoms with Crippen LogP contribution in [0.15, 0.2) is 11.6 Å². The third-order valence-electron chi connectivity index (χ3n) is 13.1. The molecule has 0 amide bonds. The van der Waals surface area contributed by atoms with Gasteiger partial charge in [0.2, 0.25) is 0 Å². The van der Waals surface area contributed by atoms with Gasteiger partial charge in [0.25, 0.3) is 0 Å². The fraction of sp³-hybridized carbons (Fsp3) is 0.906. The number of methoxy groups -OCH3 is 2. The van der Waals surface area contributed by atoms with E-state index in [9.17, 15) is 15.0 Å². The standard InChI is InChI=1S/C32H51NO8/c1-18-29(38-5)25(37-4)16-27(41-18)33(39-6)21-9-11-30(2)20(14-21)7-8-23-24(30)15-26(34)31(3)22(10-12-32(23,31)36)19-13-28(35)40-17-19/h13,18,20-27,29,34,36H,7-12,14-17H2,1-6H3/t18-,20-,21+,22-,23-,24+,25-,26-,27-,29-,30+,31+,32+/m1/s1. The van der Waals surface area contributed by atoms with Crippen LogP contribution in [0.3, 0.4) is 0 Å². The number of esters is 1. The van der Waals surface area contributed by atoms with E-state index >= 15 is 0 Å². The summed E-state index contributed by atoms with van der Waals surface area (Å²) < 4.78 is 23.1. The number of carbonyl (C=O) groups is 1. The van der Waals surface area contributed by atoms with Gasteiger partial charge in [0.1, 0.15) is 18.9 Å². The van der Waals surface area contributed by atoms with E-state index in [0.29, 0.717) is 25.2 Å². The van der Waals surface area contributed by atoms with E-state index in [-0.39, 0.29) is 66.3 Å². The van der Waals surface area contributed by atoms with Crippen molar-refractivity contribution in [2.45, 2.75) is 121 Å². The zero-order valence-corrected chi connectivity index (χ0v) is 25.7. The lowest BCUT2D eigenvalue weighted by molar-refractivity contribution is -0.316. The molecular weight excluding hydrogens is 526 g/mol. The van der Waals surface area contributed by atoms with Gasteiger partial charge in [-0.25, -0.2) is 4.79 Å². The van der Waals surface area contributed by atoms with E-state index < -0.39 is 17.1 Å². The Morgan fingerprint density at radius 1 is 1.00 bits per heavy atom. The maximum Gasteiger partial charge on any atom is 0.331 e. The fourth-order valence-electron chi connectivity index (χ4n) is 10.9. The van der Waals surface area contributed by atoms with Crippen LogP contribution in [0.25, 0.3) is 0 Å². The number of hydrogen-bond acceptors (Lipinski definition) is 9. The van der Waals surface area contributed by atoms with Gasteiger partial charge in [0.05, 0.1) is 31.0 Å². The number of carbonyl (C=O) groups excluding carboxylic acids is 1. The minimum atomic E-state index is -0.949. The van der Waals surface area contributed by atoms with Crippen LogP contribution >= 0.6 is 0 Å². The second-order valence-corrected chi connectivity index (χ2v) is 14.3. The van der Waals surface area contributed by atoms with E-state index in [2.05, 4.69) is 18.9 Å². The molecule has 2 N–H and O–H groups in total. The van der Waals surface area contributed by atoms with Gasteiger partial charge >= 0.3 is 5.97 Å². The van der Waals surface area contributed by atoms with Gasteiger partial charge in [0, 0.05) is 38.2 Å². The molecule has 0 radical (unpaired) electrons. The Kier molecular flexibility index (Phi) is 7.91. The number of cyclic esters (lactones) is 1. The van der Waals surface area contributed by atoms with Gasteiger partial charge in [-0.2, -0.15) is 5.06 Å².